The summed E-state index contributed by atoms with van der Waals surface area (Å²) >= 11 is 0. The van der Waals surface area contributed by atoms with Crippen molar-refractivity contribution in [3.8, 4) is 0 Å². The van der Waals surface area contributed by atoms with Gasteiger partial charge in [-0.3, -0.25) is 18.6 Å². The number of quaternary nitrogens is 1. The second kappa shape index (κ2) is 45.2. The summed E-state index contributed by atoms with van der Waals surface area (Å²) in [6.45, 7) is 4.49. The van der Waals surface area contributed by atoms with Gasteiger partial charge in [-0.2, -0.15) is 0 Å². The van der Waals surface area contributed by atoms with Crippen molar-refractivity contribution in [1.29, 1.82) is 0 Å². The second-order valence-electron chi connectivity index (χ2n) is 19.6. The van der Waals surface area contributed by atoms with Crippen LogP contribution in [0.15, 0.2) is 0 Å². The van der Waals surface area contributed by atoms with E-state index in [-0.39, 0.29) is 25.6 Å². The quantitative estimate of drug-likeness (QED) is 0.0278. The van der Waals surface area contributed by atoms with Gasteiger partial charge in [-0.15, -0.1) is 0 Å². The van der Waals surface area contributed by atoms with Crippen LogP contribution in [-0.2, 0) is 32.7 Å². The number of phosphoric acid groups is 1. The minimum Gasteiger partial charge on any atom is -0.462 e. The van der Waals surface area contributed by atoms with Crippen molar-refractivity contribution in [2.24, 2.45) is 0 Å². The van der Waals surface area contributed by atoms with Crippen LogP contribution in [0.4, 0.5) is 0 Å². The molecule has 2 atom stereocenters. The van der Waals surface area contributed by atoms with Crippen LogP contribution < -0.4 is 0 Å². The van der Waals surface area contributed by atoms with Crippen molar-refractivity contribution in [2.45, 2.75) is 277 Å². The van der Waals surface area contributed by atoms with Gasteiger partial charge in [-0.25, -0.2) is 4.57 Å². The highest BCUT2D eigenvalue weighted by molar-refractivity contribution is 7.47. The second-order valence-corrected chi connectivity index (χ2v) is 21.1. The summed E-state index contributed by atoms with van der Waals surface area (Å²) in [5, 5.41) is 0. The molecule has 0 aromatic rings. The molecule has 0 rings (SSSR count). The number of carbonyl (C=O) groups is 2. The Morgan fingerprint density at radius 3 is 1.03 bits per heavy atom. The molecule has 0 heterocycles. The molecule has 0 bridgehead atoms. The number of carbonyl (C=O) groups excluding carboxylic acids is 2. The average molecular weight is 903 g/mol. The highest BCUT2D eigenvalue weighted by atomic mass is 31.2. The third-order valence-corrected chi connectivity index (χ3v) is 13.1. The van der Waals surface area contributed by atoms with E-state index in [1.165, 1.54) is 205 Å². The van der Waals surface area contributed by atoms with Crippen molar-refractivity contribution in [3.05, 3.63) is 0 Å². The van der Waals surface area contributed by atoms with E-state index in [0.29, 0.717) is 17.4 Å². The molecule has 62 heavy (non-hydrogen) atoms. The predicted octanol–water partition coefficient (Wildman–Crippen LogP) is 15.9. The Morgan fingerprint density at radius 2 is 0.726 bits per heavy atom. The molecule has 0 aromatic heterocycles. The van der Waals surface area contributed by atoms with E-state index in [1.54, 1.807) is 0 Å². The number of unbranched alkanes of at least 4 members (excludes halogenated alkanes) is 36. The molecule has 0 aliphatic rings. The van der Waals surface area contributed by atoms with E-state index in [4.69, 9.17) is 18.5 Å². The summed E-state index contributed by atoms with van der Waals surface area (Å²) in [7, 11) is 1.50. The molecule has 0 saturated heterocycles. The lowest BCUT2D eigenvalue weighted by Gasteiger charge is -2.24. The molecule has 0 aliphatic heterocycles. The van der Waals surface area contributed by atoms with Crippen LogP contribution in [-0.4, -0.2) is 74.9 Å². The van der Waals surface area contributed by atoms with Gasteiger partial charge in [0.1, 0.15) is 19.8 Å². The number of rotatable bonds is 50. The number of hydrogen-bond acceptors (Lipinski definition) is 7. The molecule has 9 nitrogen and oxygen atoms in total. The Labute approximate surface area is 384 Å². The third kappa shape index (κ3) is 48.5. The van der Waals surface area contributed by atoms with Gasteiger partial charge < -0.3 is 18.9 Å². The summed E-state index contributed by atoms with van der Waals surface area (Å²) in [5.41, 5.74) is 0. The molecule has 1 N–H and O–H groups in total. The van der Waals surface area contributed by atoms with Crippen LogP contribution in [0, 0.1) is 0 Å². The Balaban J connectivity index is 4.14. The summed E-state index contributed by atoms with van der Waals surface area (Å²) in [5.74, 6) is -0.776. The Bertz CT molecular complexity index is 1020. The van der Waals surface area contributed by atoms with Crippen molar-refractivity contribution in [3.63, 3.8) is 0 Å². The fourth-order valence-electron chi connectivity index (χ4n) is 7.96. The van der Waals surface area contributed by atoms with Gasteiger partial charge in [0.15, 0.2) is 6.10 Å². The predicted molar refractivity (Wildman–Crippen MR) is 261 cm³/mol. The molecule has 0 radical (unpaired) electrons. The standard InChI is InChI=1S/C52H104NO8P/c1-6-8-10-12-14-16-18-20-22-24-25-26-27-28-29-31-32-34-36-38-40-42-44-51(54)58-48-50(49-60-62(56,57)59-47-46-53(3,4)5)61-52(55)45-43-41-39-37-35-33-30-23-21-19-17-15-13-11-9-7-2/h50H,6-49H2,1-5H3/p+1/t50-/m1/s1. The van der Waals surface area contributed by atoms with Gasteiger partial charge in [0, 0.05) is 12.8 Å². The van der Waals surface area contributed by atoms with Crippen molar-refractivity contribution in [1.82, 2.24) is 0 Å². The van der Waals surface area contributed by atoms with E-state index >= 15 is 0 Å². The summed E-state index contributed by atoms with van der Waals surface area (Å²) < 4.78 is 34.5. The van der Waals surface area contributed by atoms with Gasteiger partial charge in [0.2, 0.25) is 0 Å². The minimum absolute atomic E-state index is 0.0372. The minimum atomic E-state index is -4.37. The van der Waals surface area contributed by atoms with E-state index in [0.717, 1.165) is 38.5 Å². The lowest BCUT2D eigenvalue weighted by atomic mass is 10.0. The first-order valence-corrected chi connectivity index (χ1v) is 28.3. The topological polar surface area (TPSA) is 108 Å². The summed E-state index contributed by atoms with van der Waals surface area (Å²) in [4.78, 5) is 35.6. The number of ether oxygens (including phenoxy) is 2. The van der Waals surface area contributed by atoms with Gasteiger partial charge in [0.05, 0.1) is 27.7 Å². The van der Waals surface area contributed by atoms with Crippen LogP contribution in [0.1, 0.15) is 271 Å². The van der Waals surface area contributed by atoms with Crippen LogP contribution in [0.2, 0.25) is 0 Å². The first-order chi connectivity index (χ1) is 30.0. The van der Waals surface area contributed by atoms with Gasteiger partial charge in [0.25, 0.3) is 0 Å². The molecule has 10 heteroatoms. The van der Waals surface area contributed by atoms with E-state index in [2.05, 4.69) is 13.8 Å². The molecule has 0 saturated carbocycles. The van der Waals surface area contributed by atoms with E-state index in [1.807, 2.05) is 21.1 Å². The molecule has 0 aromatic carbocycles. The zero-order valence-electron chi connectivity index (χ0n) is 41.9. The number of esters is 2. The number of hydrogen-bond donors (Lipinski definition) is 1. The van der Waals surface area contributed by atoms with Crippen LogP contribution in [0.3, 0.4) is 0 Å². The summed E-state index contributed by atoms with van der Waals surface area (Å²) in [6, 6.07) is 0. The molecule has 0 fully saturated rings. The fourth-order valence-corrected chi connectivity index (χ4v) is 8.70. The largest absolute Gasteiger partial charge is 0.472 e. The first-order valence-electron chi connectivity index (χ1n) is 26.8. The normalized spacial score (nSPS) is 13.3. The molecular formula is C52H105NO8P+. The van der Waals surface area contributed by atoms with E-state index in [9.17, 15) is 19.0 Å². The molecular weight excluding hydrogens is 798 g/mol. The third-order valence-electron chi connectivity index (χ3n) is 12.1. The highest BCUT2D eigenvalue weighted by Crippen LogP contribution is 2.43. The molecule has 1 unspecified atom stereocenters. The zero-order valence-corrected chi connectivity index (χ0v) is 42.8. The van der Waals surface area contributed by atoms with Crippen LogP contribution in [0.5, 0.6) is 0 Å². The Kier molecular flexibility index (Phi) is 44.5. The zero-order chi connectivity index (χ0) is 45.7. The number of nitrogens with zero attached hydrogens (tertiary/aromatic N) is 1. The van der Waals surface area contributed by atoms with E-state index < -0.39 is 26.5 Å². The van der Waals surface area contributed by atoms with Gasteiger partial charge in [-0.1, -0.05) is 245 Å². The lowest BCUT2D eigenvalue weighted by Crippen LogP contribution is -2.37. The SMILES string of the molecule is CCCCCCCCCCCCCCCCCCCCCCCCC(=O)OC[C@H](COP(=O)(O)OCC[N+](C)(C)C)OC(=O)CCCCCCCCCCCCCCCCCC. The smallest absolute Gasteiger partial charge is 0.462 e. The monoisotopic (exact) mass is 903 g/mol. The first kappa shape index (κ1) is 61.0. The number of likely N-dealkylation sites (N-methyl/N-ethyl adjacent to an activating group) is 1. The lowest BCUT2D eigenvalue weighted by molar-refractivity contribution is -0.870. The van der Waals surface area contributed by atoms with Gasteiger partial charge in [-0.05, 0) is 12.8 Å². The average Bonchev–Trinajstić information content (AvgIpc) is 3.23. The van der Waals surface area contributed by atoms with Crippen LogP contribution >= 0.6 is 7.82 Å². The Morgan fingerprint density at radius 1 is 0.435 bits per heavy atom. The Hall–Kier alpha value is -0.990. The molecule has 370 valence electrons. The van der Waals surface area contributed by atoms with Gasteiger partial charge >= 0.3 is 19.8 Å². The summed E-state index contributed by atoms with van der Waals surface area (Å²) in [6.07, 6.45) is 48.7. The highest BCUT2D eigenvalue weighted by Gasteiger charge is 2.27. The molecule has 0 spiro atoms. The van der Waals surface area contributed by atoms with Crippen molar-refractivity contribution >= 4 is 19.8 Å². The van der Waals surface area contributed by atoms with Crippen LogP contribution in [0.25, 0.3) is 0 Å². The molecule has 0 aliphatic carbocycles. The molecule has 0 amide bonds. The fraction of sp³-hybridized carbons (Fsp3) is 0.962. The maximum absolute atomic E-state index is 12.7. The number of phosphoric ester groups is 1. The maximum atomic E-state index is 12.7. The van der Waals surface area contributed by atoms with Crippen molar-refractivity contribution < 1.29 is 42.1 Å². The maximum Gasteiger partial charge on any atom is 0.472 e. The van der Waals surface area contributed by atoms with Crippen molar-refractivity contribution in [2.75, 3.05) is 47.5 Å².